The number of halogens is 1. The summed E-state index contributed by atoms with van der Waals surface area (Å²) in [7, 11) is 0. The first kappa shape index (κ1) is 16.5. The second kappa shape index (κ2) is 7.38. The van der Waals surface area contributed by atoms with Gasteiger partial charge >= 0.3 is 0 Å². The van der Waals surface area contributed by atoms with Crippen LogP contribution in [0, 0.1) is 17.7 Å². The van der Waals surface area contributed by atoms with Crippen molar-refractivity contribution in [3.8, 4) is 0 Å². The van der Waals surface area contributed by atoms with E-state index < -0.39 is 0 Å². The van der Waals surface area contributed by atoms with Crippen LogP contribution in [-0.4, -0.2) is 29.8 Å². The van der Waals surface area contributed by atoms with E-state index in [2.05, 4.69) is 5.32 Å². The van der Waals surface area contributed by atoms with Crippen LogP contribution >= 0.6 is 0 Å². The molecule has 0 radical (unpaired) electrons. The molecule has 4 nitrogen and oxygen atoms in total. The third-order valence-corrected chi connectivity index (χ3v) is 4.08. The molecule has 0 saturated carbocycles. The molecule has 1 saturated heterocycles. The maximum absolute atomic E-state index is 13.5. The highest BCUT2D eigenvalue weighted by Crippen LogP contribution is 2.19. The lowest BCUT2D eigenvalue weighted by Crippen LogP contribution is -2.44. The minimum atomic E-state index is -0.305. The molecule has 1 fully saturated rings. The van der Waals surface area contributed by atoms with Crippen LogP contribution in [0.3, 0.4) is 0 Å². The van der Waals surface area contributed by atoms with Gasteiger partial charge in [-0.1, -0.05) is 32.0 Å². The number of rotatable bonds is 4. The lowest BCUT2D eigenvalue weighted by Gasteiger charge is -2.32. The van der Waals surface area contributed by atoms with Gasteiger partial charge in [0.15, 0.2) is 0 Å². The van der Waals surface area contributed by atoms with Crippen molar-refractivity contribution in [2.75, 3.05) is 13.1 Å². The fraction of sp³-hybridized carbons (Fsp3) is 0.529. The van der Waals surface area contributed by atoms with Crippen molar-refractivity contribution in [1.29, 1.82) is 0 Å². The van der Waals surface area contributed by atoms with Crippen LogP contribution in [0.25, 0.3) is 0 Å². The van der Waals surface area contributed by atoms with Crippen LogP contribution in [-0.2, 0) is 16.1 Å². The van der Waals surface area contributed by atoms with Gasteiger partial charge in [-0.2, -0.15) is 0 Å². The van der Waals surface area contributed by atoms with Gasteiger partial charge in [-0.3, -0.25) is 9.59 Å². The Balaban J connectivity index is 1.80. The predicted molar refractivity (Wildman–Crippen MR) is 82.4 cm³/mol. The van der Waals surface area contributed by atoms with Crippen LogP contribution in [0.2, 0.25) is 0 Å². The Morgan fingerprint density at radius 3 is 2.50 bits per heavy atom. The molecule has 0 unspecified atom stereocenters. The van der Waals surface area contributed by atoms with E-state index in [9.17, 15) is 14.0 Å². The number of carbonyl (C=O) groups excluding carboxylic acids is 2. The maximum Gasteiger partial charge on any atom is 0.225 e. The topological polar surface area (TPSA) is 49.4 Å². The van der Waals surface area contributed by atoms with Gasteiger partial charge in [-0.05, 0) is 18.9 Å². The summed E-state index contributed by atoms with van der Waals surface area (Å²) in [5.41, 5.74) is 0.489. The van der Waals surface area contributed by atoms with Crippen LogP contribution in [0.15, 0.2) is 24.3 Å². The van der Waals surface area contributed by atoms with Gasteiger partial charge in [0.2, 0.25) is 11.8 Å². The van der Waals surface area contributed by atoms with Crippen molar-refractivity contribution >= 4 is 11.8 Å². The van der Waals surface area contributed by atoms with Gasteiger partial charge in [0, 0.05) is 37.0 Å². The second-order valence-electron chi connectivity index (χ2n) is 6.06. The SMILES string of the molecule is CC(C)C(=O)N1CCC(C(=O)NCc2ccccc2F)CC1. The van der Waals surface area contributed by atoms with Crippen LogP contribution in [0.5, 0.6) is 0 Å². The Kier molecular flexibility index (Phi) is 5.52. The summed E-state index contributed by atoms with van der Waals surface area (Å²) < 4.78 is 13.5. The van der Waals surface area contributed by atoms with E-state index >= 15 is 0 Å². The number of benzene rings is 1. The predicted octanol–water partition coefficient (Wildman–Crippen LogP) is 2.34. The highest BCUT2D eigenvalue weighted by atomic mass is 19.1. The van der Waals surface area contributed by atoms with Crippen LogP contribution in [0.4, 0.5) is 4.39 Å². The van der Waals surface area contributed by atoms with Gasteiger partial charge in [-0.25, -0.2) is 4.39 Å². The molecule has 2 rings (SSSR count). The molecule has 2 amide bonds. The van der Waals surface area contributed by atoms with E-state index in [0.29, 0.717) is 31.5 Å². The number of amides is 2. The molecule has 5 heteroatoms. The average molecular weight is 306 g/mol. The van der Waals surface area contributed by atoms with Gasteiger partial charge in [-0.15, -0.1) is 0 Å². The third kappa shape index (κ3) is 4.06. The molecule has 1 aromatic carbocycles. The zero-order valence-corrected chi connectivity index (χ0v) is 13.1. The first-order valence-electron chi connectivity index (χ1n) is 7.79. The number of hydrogen-bond donors (Lipinski definition) is 1. The molecular formula is C17H23FN2O2. The zero-order valence-electron chi connectivity index (χ0n) is 13.1. The highest BCUT2D eigenvalue weighted by molar-refractivity contribution is 5.80. The molecule has 0 atom stereocenters. The van der Waals surface area contributed by atoms with Crippen molar-refractivity contribution in [2.24, 2.45) is 11.8 Å². The van der Waals surface area contributed by atoms with E-state index in [1.807, 2.05) is 18.7 Å². The molecule has 0 aromatic heterocycles. The molecule has 0 aliphatic carbocycles. The summed E-state index contributed by atoms with van der Waals surface area (Å²) in [4.78, 5) is 25.9. The molecular weight excluding hydrogens is 283 g/mol. The van der Waals surface area contributed by atoms with Crippen molar-refractivity contribution in [3.05, 3.63) is 35.6 Å². The lowest BCUT2D eigenvalue weighted by atomic mass is 9.95. The molecule has 1 heterocycles. The van der Waals surface area contributed by atoms with Gasteiger partial charge in [0.1, 0.15) is 5.82 Å². The first-order chi connectivity index (χ1) is 10.5. The standard InChI is InChI=1S/C17H23FN2O2/c1-12(2)17(22)20-9-7-13(8-10-20)16(21)19-11-14-5-3-4-6-15(14)18/h3-6,12-13H,7-11H2,1-2H3,(H,19,21). The molecule has 1 N–H and O–H groups in total. The molecule has 1 aromatic rings. The van der Waals surface area contributed by atoms with Gasteiger partial charge in [0.05, 0.1) is 0 Å². The van der Waals surface area contributed by atoms with Crippen molar-refractivity contribution < 1.29 is 14.0 Å². The third-order valence-electron chi connectivity index (χ3n) is 4.08. The number of nitrogens with one attached hydrogen (secondary N) is 1. The highest BCUT2D eigenvalue weighted by Gasteiger charge is 2.28. The van der Waals surface area contributed by atoms with E-state index in [-0.39, 0.29) is 36.0 Å². The quantitative estimate of drug-likeness (QED) is 0.928. The smallest absolute Gasteiger partial charge is 0.225 e. The number of carbonyl (C=O) groups is 2. The van der Waals surface area contributed by atoms with E-state index in [1.165, 1.54) is 6.07 Å². The maximum atomic E-state index is 13.5. The van der Waals surface area contributed by atoms with E-state index in [4.69, 9.17) is 0 Å². The zero-order chi connectivity index (χ0) is 16.1. The fourth-order valence-corrected chi connectivity index (χ4v) is 2.70. The fourth-order valence-electron chi connectivity index (χ4n) is 2.70. The summed E-state index contributed by atoms with van der Waals surface area (Å²) >= 11 is 0. The number of hydrogen-bond acceptors (Lipinski definition) is 2. The second-order valence-corrected chi connectivity index (χ2v) is 6.06. The summed E-state index contributed by atoms with van der Waals surface area (Å²) in [6.45, 7) is 5.21. The Hall–Kier alpha value is -1.91. The Morgan fingerprint density at radius 1 is 1.27 bits per heavy atom. The lowest BCUT2D eigenvalue weighted by molar-refractivity contribution is -0.138. The first-order valence-corrected chi connectivity index (χ1v) is 7.79. The minimum absolute atomic E-state index is 0.00793. The van der Waals surface area contributed by atoms with Gasteiger partial charge < -0.3 is 10.2 Å². The molecule has 0 spiro atoms. The summed E-state index contributed by atoms with van der Waals surface area (Å²) in [5, 5.41) is 2.79. The summed E-state index contributed by atoms with van der Waals surface area (Å²) in [5.74, 6) is -0.320. The number of nitrogens with zero attached hydrogens (tertiary/aromatic N) is 1. The molecule has 22 heavy (non-hydrogen) atoms. The minimum Gasteiger partial charge on any atom is -0.352 e. The van der Waals surface area contributed by atoms with Crippen molar-refractivity contribution in [1.82, 2.24) is 10.2 Å². The van der Waals surface area contributed by atoms with Crippen LogP contribution in [0.1, 0.15) is 32.3 Å². The Bertz CT molecular complexity index is 537. The number of likely N-dealkylation sites (tertiary alicyclic amines) is 1. The van der Waals surface area contributed by atoms with Crippen molar-refractivity contribution in [3.63, 3.8) is 0 Å². The van der Waals surface area contributed by atoms with E-state index in [1.54, 1.807) is 18.2 Å². The van der Waals surface area contributed by atoms with Crippen LogP contribution < -0.4 is 5.32 Å². The molecule has 0 bridgehead atoms. The Labute approximate surface area is 130 Å². The number of piperidine rings is 1. The van der Waals surface area contributed by atoms with Gasteiger partial charge in [0.25, 0.3) is 0 Å². The molecule has 1 aliphatic heterocycles. The normalized spacial score (nSPS) is 15.9. The monoisotopic (exact) mass is 306 g/mol. The molecule has 1 aliphatic rings. The average Bonchev–Trinajstić information content (AvgIpc) is 2.53. The molecule has 120 valence electrons. The Morgan fingerprint density at radius 2 is 1.91 bits per heavy atom. The van der Waals surface area contributed by atoms with E-state index in [0.717, 1.165) is 0 Å². The van der Waals surface area contributed by atoms with Crippen molar-refractivity contribution in [2.45, 2.75) is 33.2 Å². The summed E-state index contributed by atoms with van der Waals surface area (Å²) in [6.07, 6.45) is 1.34. The summed E-state index contributed by atoms with van der Waals surface area (Å²) in [6, 6.07) is 6.43. The largest absolute Gasteiger partial charge is 0.352 e.